The fraction of sp³-hybridized carbons (Fsp3) is 0.280. The summed E-state index contributed by atoms with van der Waals surface area (Å²) in [5, 5.41) is 2.45. The Balaban J connectivity index is 1.94. The lowest BCUT2D eigenvalue weighted by Gasteiger charge is -2.33. The van der Waals surface area contributed by atoms with Gasteiger partial charge < -0.3 is 10.2 Å². The molecule has 1 aromatic heterocycles. The van der Waals surface area contributed by atoms with Gasteiger partial charge in [-0.15, -0.1) is 0 Å². The lowest BCUT2D eigenvalue weighted by molar-refractivity contribution is -0.141. The summed E-state index contributed by atoms with van der Waals surface area (Å²) in [6, 6.07) is 7.81. The van der Waals surface area contributed by atoms with E-state index >= 15 is 0 Å². The number of pyridine rings is 1. The first-order valence-electron chi connectivity index (χ1n) is 10.7. The van der Waals surface area contributed by atoms with Crippen molar-refractivity contribution in [2.45, 2.75) is 32.0 Å². The van der Waals surface area contributed by atoms with Gasteiger partial charge in [-0.05, 0) is 73.4 Å². The van der Waals surface area contributed by atoms with Gasteiger partial charge in [0, 0.05) is 31.0 Å². The Morgan fingerprint density at radius 1 is 1.03 bits per heavy atom. The van der Waals surface area contributed by atoms with Crippen molar-refractivity contribution in [1.29, 1.82) is 0 Å². The van der Waals surface area contributed by atoms with Crippen LogP contribution >= 0.6 is 0 Å². The van der Waals surface area contributed by atoms with Gasteiger partial charge in [0.15, 0.2) is 0 Å². The van der Waals surface area contributed by atoms with Crippen LogP contribution in [0.2, 0.25) is 0 Å². The number of amides is 1. The van der Waals surface area contributed by atoms with E-state index in [1.807, 2.05) is 0 Å². The van der Waals surface area contributed by atoms with Crippen LogP contribution in [0.25, 0.3) is 0 Å². The van der Waals surface area contributed by atoms with Gasteiger partial charge in [-0.1, -0.05) is 6.07 Å². The smallest absolute Gasteiger partial charge is 0.357 e. The third-order valence-corrected chi connectivity index (χ3v) is 5.51. The molecular weight excluding hydrogens is 472 g/mol. The molecule has 1 heterocycles. The average molecular weight is 495 g/mol. The van der Waals surface area contributed by atoms with Gasteiger partial charge >= 0.3 is 6.18 Å². The molecule has 2 aromatic carbocycles. The zero-order valence-electron chi connectivity index (χ0n) is 19.0. The number of halogens is 6. The molecule has 3 aromatic rings. The van der Waals surface area contributed by atoms with Crippen molar-refractivity contribution < 1.29 is 31.1 Å². The highest BCUT2D eigenvalue weighted by Gasteiger charge is 2.32. The number of aryl methyl sites for hydroxylation is 2. The van der Waals surface area contributed by atoms with E-state index in [9.17, 15) is 31.1 Å². The monoisotopic (exact) mass is 495 g/mol. The van der Waals surface area contributed by atoms with E-state index in [0.29, 0.717) is 24.1 Å². The number of hydrogen-bond acceptors (Lipinski definition) is 3. The number of carbonyl (C=O) groups is 1. The first-order valence-corrected chi connectivity index (χ1v) is 10.7. The standard InChI is InChI=1S/C25H23F6N3O/c1-15-12-18(7-9-20(15)27)34(11-3-4-16-5-10-22(33-14-16)25(29,30)31)23(24(35)32-2)19-13-17(26)6-8-21(19)28/h5-10,12-14,23H,3-4,11H2,1-2H3,(H,32,35)/t23-/m1/s1. The summed E-state index contributed by atoms with van der Waals surface area (Å²) in [6.45, 7) is 1.66. The minimum atomic E-state index is -4.55. The Bertz CT molecular complexity index is 1180. The first-order chi connectivity index (χ1) is 16.5. The quantitative estimate of drug-likeness (QED) is 0.405. The molecule has 1 N–H and O–H groups in total. The van der Waals surface area contributed by atoms with Crippen LogP contribution in [0, 0.1) is 24.4 Å². The molecule has 0 spiro atoms. The van der Waals surface area contributed by atoms with Gasteiger partial charge in [-0.3, -0.25) is 9.78 Å². The topological polar surface area (TPSA) is 45.2 Å². The Kier molecular flexibility index (Phi) is 8.03. The number of aromatic nitrogens is 1. The molecule has 4 nitrogen and oxygen atoms in total. The molecule has 10 heteroatoms. The van der Waals surface area contributed by atoms with Crippen LogP contribution in [-0.2, 0) is 17.4 Å². The van der Waals surface area contributed by atoms with E-state index in [4.69, 9.17) is 0 Å². The summed E-state index contributed by atoms with van der Waals surface area (Å²) in [4.78, 5) is 17.8. The fourth-order valence-electron chi connectivity index (χ4n) is 3.72. The lowest BCUT2D eigenvalue weighted by Crippen LogP contribution is -2.41. The first kappa shape index (κ1) is 26.1. The molecule has 1 atom stereocenters. The number of nitrogens with one attached hydrogen (secondary N) is 1. The van der Waals surface area contributed by atoms with E-state index in [2.05, 4.69) is 10.3 Å². The normalized spacial score (nSPS) is 12.3. The third-order valence-electron chi connectivity index (χ3n) is 5.51. The van der Waals surface area contributed by atoms with Crippen molar-refractivity contribution in [3.05, 3.63) is 94.6 Å². The van der Waals surface area contributed by atoms with Gasteiger partial charge in [-0.25, -0.2) is 13.2 Å². The summed E-state index contributed by atoms with van der Waals surface area (Å²) in [5.41, 5.74) is -0.00312. The van der Waals surface area contributed by atoms with E-state index in [1.165, 1.54) is 43.1 Å². The third kappa shape index (κ3) is 6.32. The van der Waals surface area contributed by atoms with Crippen molar-refractivity contribution in [1.82, 2.24) is 10.3 Å². The van der Waals surface area contributed by atoms with Crippen LogP contribution < -0.4 is 10.2 Å². The summed E-state index contributed by atoms with van der Waals surface area (Å²) in [7, 11) is 1.36. The van der Waals surface area contributed by atoms with Crippen molar-refractivity contribution in [2.75, 3.05) is 18.5 Å². The van der Waals surface area contributed by atoms with Gasteiger partial charge in [0.1, 0.15) is 29.2 Å². The summed E-state index contributed by atoms with van der Waals surface area (Å²) < 4.78 is 80.9. The zero-order chi connectivity index (χ0) is 25.8. The SMILES string of the molecule is CNC(=O)[C@@H](c1cc(F)ccc1F)N(CCCc1ccc(C(F)(F)F)nc1)c1ccc(F)c(C)c1. The maximum Gasteiger partial charge on any atom is 0.433 e. The number of carbonyl (C=O) groups excluding carboxylic acids is 1. The van der Waals surface area contributed by atoms with Crippen LogP contribution in [0.3, 0.4) is 0 Å². The van der Waals surface area contributed by atoms with Gasteiger partial charge in [0.05, 0.1) is 0 Å². The van der Waals surface area contributed by atoms with E-state index < -0.39 is 41.3 Å². The molecule has 0 unspecified atom stereocenters. The lowest BCUT2D eigenvalue weighted by atomic mass is 10.0. The molecule has 186 valence electrons. The molecular formula is C25H23F6N3O. The highest BCUT2D eigenvalue weighted by atomic mass is 19.4. The predicted octanol–water partition coefficient (Wildman–Crippen LogP) is 5.75. The summed E-state index contributed by atoms with van der Waals surface area (Å²) in [5.74, 6) is -2.62. The van der Waals surface area contributed by atoms with Crippen molar-refractivity contribution in [3.63, 3.8) is 0 Å². The minimum Gasteiger partial charge on any atom is -0.357 e. The molecule has 1 amide bonds. The van der Waals surface area contributed by atoms with Crippen LogP contribution in [0.1, 0.15) is 34.8 Å². The number of likely N-dealkylation sites (N-methyl/N-ethyl adjacent to an activating group) is 1. The van der Waals surface area contributed by atoms with Gasteiger partial charge in [-0.2, -0.15) is 13.2 Å². The van der Waals surface area contributed by atoms with Crippen LogP contribution in [0.15, 0.2) is 54.7 Å². The number of nitrogens with zero attached hydrogens (tertiary/aromatic N) is 2. The number of benzene rings is 2. The van der Waals surface area contributed by atoms with Gasteiger partial charge in [0.25, 0.3) is 0 Å². The van der Waals surface area contributed by atoms with Crippen LogP contribution in [0.5, 0.6) is 0 Å². The van der Waals surface area contributed by atoms with Crippen molar-refractivity contribution >= 4 is 11.6 Å². The largest absolute Gasteiger partial charge is 0.433 e. The molecule has 0 saturated carbocycles. The second kappa shape index (κ2) is 10.8. The average Bonchev–Trinajstić information content (AvgIpc) is 2.81. The number of hydrogen-bond donors (Lipinski definition) is 1. The highest BCUT2D eigenvalue weighted by Crippen LogP contribution is 2.32. The van der Waals surface area contributed by atoms with Crippen molar-refractivity contribution in [2.24, 2.45) is 0 Å². The zero-order valence-corrected chi connectivity index (χ0v) is 19.0. The molecule has 3 rings (SSSR count). The highest BCUT2D eigenvalue weighted by molar-refractivity contribution is 5.86. The van der Waals surface area contributed by atoms with E-state index in [0.717, 1.165) is 30.5 Å². The minimum absolute atomic E-state index is 0.125. The van der Waals surface area contributed by atoms with Gasteiger partial charge in [0.2, 0.25) is 5.91 Å². The fourth-order valence-corrected chi connectivity index (χ4v) is 3.72. The second-order valence-corrected chi connectivity index (χ2v) is 7.96. The molecule has 0 aliphatic carbocycles. The summed E-state index contributed by atoms with van der Waals surface area (Å²) >= 11 is 0. The second-order valence-electron chi connectivity index (χ2n) is 7.96. The number of alkyl halides is 3. The molecule has 0 aliphatic heterocycles. The van der Waals surface area contributed by atoms with E-state index in [1.54, 1.807) is 0 Å². The molecule has 35 heavy (non-hydrogen) atoms. The molecule has 0 aliphatic rings. The van der Waals surface area contributed by atoms with Crippen LogP contribution in [-0.4, -0.2) is 24.5 Å². The predicted molar refractivity (Wildman–Crippen MR) is 119 cm³/mol. The Morgan fingerprint density at radius 2 is 1.74 bits per heavy atom. The molecule has 0 bridgehead atoms. The van der Waals surface area contributed by atoms with E-state index in [-0.39, 0.29) is 17.7 Å². The Morgan fingerprint density at radius 3 is 2.34 bits per heavy atom. The number of anilines is 1. The Hall–Kier alpha value is -3.56. The Labute approximate surface area is 198 Å². The maximum atomic E-state index is 14.7. The molecule has 0 saturated heterocycles. The summed E-state index contributed by atoms with van der Waals surface area (Å²) in [6.07, 6.45) is -2.80. The number of rotatable bonds is 8. The maximum absolute atomic E-state index is 14.7. The molecule has 0 radical (unpaired) electrons. The van der Waals surface area contributed by atoms with Crippen LogP contribution in [0.4, 0.5) is 32.0 Å². The molecule has 0 fully saturated rings. The van der Waals surface area contributed by atoms with Crippen molar-refractivity contribution in [3.8, 4) is 0 Å².